The first-order chi connectivity index (χ1) is 7.74. The Morgan fingerprint density at radius 2 is 2.06 bits per heavy atom. The Labute approximate surface area is 92.6 Å². The molecule has 0 unspecified atom stereocenters. The lowest BCUT2D eigenvalue weighted by Gasteiger charge is -1.99. The highest BCUT2D eigenvalue weighted by molar-refractivity contribution is 5.62. The average Bonchev–Trinajstić information content (AvgIpc) is 2.86. The fourth-order valence-electron chi connectivity index (χ4n) is 1.76. The maximum atomic E-state index is 5.48. The summed E-state index contributed by atoms with van der Waals surface area (Å²) in [5.74, 6) is 1.45. The van der Waals surface area contributed by atoms with E-state index in [2.05, 4.69) is 9.97 Å². The van der Waals surface area contributed by atoms with Gasteiger partial charge in [0, 0.05) is 30.6 Å². The quantitative estimate of drug-likeness (QED) is 0.624. The molecule has 3 rings (SSSR count). The van der Waals surface area contributed by atoms with Crippen molar-refractivity contribution in [2.45, 2.75) is 13.8 Å². The van der Waals surface area contributed by atoms with Crippen molar-refractivity contribution in [3.63, 3.8) is 0 Å². The lowest BCUT2D eigenvalue weighted by Crippen LogP contribution is -1.86. The Bertz CT molecular complexity index is 651. The first-order valence-corrected chi connectivity index (χ1v) is 5.10. The molecule has 3 heterocycles. The van der Waals surface area contributed by atoms with Crippen molar-refractivity contribution >= 4 is 5.65 Å². The summed E-state index contributed by atoms with van der Waals surface area (Å²) in [6.07, 6.45) is 5.58. The number of fused-ring (bicyclic) bond motifs is 1. The van der Waals surface area contributed by atoms with Gasteiger partial charge in [-0.2, -0.15) is 0 Å². The minimum atomic E-state index is 0.675. The molecule has 0 aromatic carbocycles. The van der Waals surface area contributed by atoms with Crippen LogP contribution in [0.25, 0.3) is 17.0 Å². The first-order valence-electron chi connectivity index (χ1n) is 5.10. The number of pyridine rings is 1. The Morgan fingerprint density at radius 3 is 2.81 bits per heavy atom. The zero-order chi connectivity index (χ0) is 11.1. The van der Waals surface area contributed by atoms with E-state index in [4.69, 9.17) is 4.42 Å². The molecule has 0 fully saturated rings. The number of aryl methyl sites for hydroxylation is 2. The molecule has 0 aliphatic rings. The Hall–Kier alpha value is -2.10. The zero-order valence-corrected chi connectivity index (χ0v) is 9.14. The molecule has 0 N–H and O–H groups in total. The maximum absolute atomic E-state index is 5.48. The van der Waals surface area contributed by atoms with Gasteiger partial charge in [0.25, 0.3) is 0 Å². The Morgan fingerprint density at radius 1 is 1.19 bits per heavy atom. The molecule has 4 nitrogen and oxygen atoms in total. The molecule has 3 aromatic rings. The maximum Gasteiger partial charge on any atom is 0.191 e. The van der Waals surface area contributed by atoms with Crippen LogP contribution in [0.15, 0.2) is 35.1 Å². The van der Waals surface area contributed by atoms with Gasteiger partial charge < -0.3 is 8.82 Å². The number of rotatable bonds is 1. The molecule has 4 heteroatoms. The van der Waals surface area contributed by atoms with Crippen LogP contribution >= 0.6 is 0 Å². The third kappa shape index (κ3) is 1.31. The zero-order valence-electron chi connectivity index (χ0n) is 9.14. The third-order valence-corrected chi connectivity index (χ3v) is 2.60. The highest BCUT2D eigenvalue weighted by atomic mass is 16.4. The van der Waals surface area contributed by atoms with E-state index in [-0.39, 0.29) is 0 Å². The van der Waals surface area contributed by atoms with E-state index in [0.717, 1.165) is 22.7 Å². The van der Waals surface area contributed by atoms with Crippen LogP contribution in [-0.2, 0) is 0 Å². The number of imidazole rings is 1. The largest absolute Gasteiger partial charge is 0.441 e. The van der Waals surface area contributed by atoms with Crippen LogP contribution in [0.4, 0.5) is 0 Å². The fourth-order valence-corrected chi connectivity index (χ4v) is 1.76. The summed E-state index contributed by atoms with van der Waals surface area (Å²) in [5, 5.41) is 0. The molecule has 3 aromatic heterocycles. The number of aromatic nitrogens is 3. The summed E-state index contributed by atoms with van der Waals surface area (Å²) < 4.78 is 7.51. The van der Waals surface area contributed by atoms with Gasteiger partial charge in [-0.05, 0) is 19.1 Å². The topological polar surface area (TPSA) is 43.3 Å². The summed E-state index contributed by atoms with van der Waals surface area (Å²) in [6, 6.07) is 3.99. The highest BCUT2D eigenvalue weighted by Gasteiger charge is 2.06. The molecule has 80 valence electrons. The third-order valence-electron chi connectivity index (χ3n) is 2.60. The second kappa shape index (κ2) is 3.20. The SMILES string of the molecule is Cc1ncc(-c2ccn3c(C)cnc3c2)o1. The second-order valence-corrected chi connectivity index (χ2v) is 3.79. The van der Waals surface area contributed by atoms with Crippen LogP contribution < -0.4 is 0 Å². The molecule has 0 bridgehead atoms. The molecule has 0 saturated carbocycles. The second-order valence-electron chi connectivity index (χ2n) is 3.79. The number of oxazole rings is 1. The highest BCUT2D eigenvalue weighted by Crippen LogP contribution is 2.21. The summed E-state index contributed by atoms with van der Waals surface area (Å²) in [6.45, 7) is 3.86. The van der Waals surface area contributed by atoms with Crippen molar-refractivity contribution in [3.05, 3.63) is 42.3 Å². The Kier molecular flexibility index (Phi) is 1.83. The standard InChI is InChI=1S/C12H11N3O/c1-8-6-14-12-5-10(3-4-15(8)12)11-7-13-9(2)16-11/h3-7H,1-2H3. The van der Waals surface area contributed by atoms with Crippen molar-refractivity contribution in [1.29, 1.82) is 0 Å². The lowest BCUT2D eigenvalue weighted by molar-refractivity contribution is 0.534. The molecule has 0 atom stereocenters. The molecular formula is C12H11N3O. The van der Waals surface area contributed by atoms with Gasteiger partial charge in [-0.3, -0.25) is 0 Å². The average molecular weight is 213 g/mol. The van der Waals surface area contributed by atoms with Gasteiger partial charge in [-0.1, -0.05) is 0 Å². The van der Waals surface area contributed by atoms with Crippen LogP contribution in [0.2, 0.25) is 0 Å². The first kappa shape index (κ1) is 9.15. The molecule has 0 spiro atoms. The monoisotopic (exact) mass is 213 g/mol. The molecule has 0 radical (unpaired) electrons. The Balaban J connectivity index is 2.18. The van der Waals surface area contributed by atoms with Gasteiger partial charge in [0.1, 0.15) is 5.65 Å². The lowest BCUT2D eigenvalue weighted by atomic mass is 10.2. The summed E-state index contributed by atoms with van der Waals surface area (Å²) in [5.41, 5.74) is 3.04. The van der Waals surface area contributed by atoms with Gasteiger partial charge >= 0.3 is 0 Å². The van der Waals surface area contributed by atoms with E-state index in [0.29, 0.717) is 5.89 Å². The predicted molar refractivity (Wildman–Crippen MR) is 60.2 cm³/mol. The van der Waals surface area contributed by atoms with E-state index in [1.54, 1.807) is 6.20 Å². The van der Waals surface area contributed by atoms with Gasteiger partial charge in [-0.15, -0.1) is 0 Å². The van der Waals surface area contributed by atoms with E-state index < -0.39 is 0 Å². The van der Waals surface area contributed by atoms with Crippen LogP contribution in [0.3, 0.4) is 0 Å². The number of hydrogen-bond donors (Lipinski definition) is 0. The van der Waals surface area contributed by atoms with Crippen LogP contribution in [0, 0.1) is 13.8 Å². The normalized spacial score (nSPS) is 11.1. The van der Waals surface area contributed by atoms with Crippen LogP contribution in [-0.4, -0.2) is 14.4 Å². The van der Waals surface area contributed by atoms with Gasteiger partial charge in [0.2, 0.25) is 0 Å². The smallest absolute Gasteiger partial charge is 0.191 e. The number of hydrogen-bond acceptors (Lipinski definition) is 3. The fraction of sp³-hybridized carbons (Fsp3) is 0.167. The molecule has 0 saturated heterocycles. The van der Waals surface area contributed by atoms with Crippen molar-refractivity contribution < 1.29 is 4.42 Å². The van der Waals surface area contributed by atoms with Crippen molar-refractivity contribution in [2.75, 3.05) is 0 Å². The van der Waals surface area contributed by atoms with E-state index >= 15 is 0 Å². The molecular weight excluding hydrogens is 202 g/mol. The molecule has 0 aliphatic carbocycles. The molecule has 16 heavy (non-hydrogen) atoms. The minimum Gasteiger partial charge on any atom is -0.441 e. The van der Waals surface area contributed by atoms with Crippen LogP contribution in [0.1, 0.15) is 11.6 Å². The summed E-state index contributed by atoms with van der Waals surface area (Å²) in [4.78, 5) is 8.40. The van der Waals surface area contributed by atoms with E-state index in [9.17, 15) is 0 Å². The molecule has 0 amide bonds. The van der Waals surface area contributed by atoms with Gasteiger partial charge in [0.15, 0.2) is 11.7 Å². The molecule has 0 aliphatic heterocycles. The van der Waals surface area contributed by atoms with Gasteiger partial charge in [-0.25, -0.2) is 9.97 Å². The minimum absolute atomic E-state index is 0.675. The summed E-state index contributed by atoms with van der Waals surface area (Å²) in [7, 11) is 0. The van der Waals surface area contributed by atoms with Crippen molar-refractivity contribution in [1.82, 2.24) is 14.4 Å². The van der Waals surface area contributed by atoms with Crippen molar-refractivity contribution in [2.24, 2.45) is 0 Å². The van der Waals surface area contributed by atoms with E-state index in [1.165, 1.54) is 0 Å². The van der Waals surface area contributed by atoms with E-state index in [1.807, 2.05) is 42.8 Å². The predicted octanol–water partition coefficient (Wildman–Crippen LogP) is 2.61. The van der Waals surface area contributed by atoms with Gasteiger partial charge in [0.05, 0.1) is 6.20 Å². The number of nitrogens with zero attached hydrogens (tertiary/aromatic N) is 3. The summed E-state index contributed by atoms with van der Waals surface area (Å²) >= 11 is 0. The van der Waals surface area contributed by atoms with Crippen molar-refractivity contribution in [3.8, 4) is 11.3 Å². The van der Waals surface area contributed by atoms with Crippen LogP contribution in [0.5, 0.6) is 0 Å².